The Balaban J connectivity index is 1.55. The fourth-order valence-electron chi connectivity index (χ4n) is 3.95. The Hall–Kier alpha value is -3.13. The summed E-state index contributed by atoms with van der Waals surface area (Å²) in [6.45, 7) is 1.05. The second-order valence-electron chi connectivity index (χ2n) is 7.38. The molecule has 1 amide bonds. The average Bonchev–Trinajstić information content (AvgIpc) is 3.14. The molecule has 0 bridgehead atoms. The summed E-state index contributed by atoms with van der Waals surface area (Å²) in [5.41, 5.74) is 1.58. The van der Waals surface area contributed by atoms with Gasteiger partial charge in [-0.25, -0.2) is 13.2 Å². The summed E-state index contributed by atoms with van der Waals surface area (Å²) in [4.78, 5) is 12.8. The highest BCUT2D eigenvalue weighted by atomic mass is 19.1. The number of carbonyl (C=O) groups excluding carboxylic acids is 1. The van der Waals surface area contributed by atoms with Crippen molar-refractivity contribution < 1.29 is 18.0 Å². The van der Waals surface area contributed by atoms with Crippen LogP contribution in [0.25, 0.3) is 11.3 Å². The number of amides is 1. The molecule has 1 fully saturated rings. The molecule has 1 aromatic heterocycles. The van der Waals surface area contributed by atoms with E-state index in [-0.39, 0.29) is 11.5 Å². The SMILES string of the molecule is Cn1nccc1-c1ccc(C(=O)N[C@@H]2CNCC[C@H]2c2ccc(F)cc2F)c(F)c1. The van der Waals surface area contributed by atoms with Crippen molar-refractivity contribution in [3.8, 4) is 11.3 Å². The Kier molecular flexibility index (Phi) is 5.59. The van der Waals surface area contributed by atoms with Crippen molar-refractivity contribution in [3.63, 3.8) is 0 Å². The van der Waals surface area contributed by atoms with Crippen molar-refractivity contribution in [1.82, 2.24) is 20.4 Å². The Labute approximate surface area is 171 Å². The minimum absolute atomic E-state index is 0.0928. The van der Waals surface area contributed by atoms with Gasteiger partial charge in [-0.2, -0.15) is 5.10 Å². The van der Waals surface area contributed by atoms with Gasteiger partial charge in [-0.1, -0.05) is 12.1 Å². The second kappa shape index (κ2) is 8.31. The van der Waals surface area contributed by atoms with Crippen molar-refractivity contribution in [2.75, 3.05) is 13.1 Å². The molecule has 1 aliphatic heterocycles. The zero-order chi connectivity index (χ0) is 21.3. The van der Waals surface area contributed by atoms with E-state index in [9.17, 15) is 18.0 Å². The monoisotopic (exact) mass is 414 g/mol. The minimum Gasteiger partial charge on any atom is -0.347 e. The fourth-order valence-corrected chi connectivity index (χ4v) is 3.95. The maximum absolute atomic E-state index is 14.7. The summed E-state index contributed by atoms with van der Waals surface area (Å²) in [6, 6.07) is 9.13. The molecule has 156 valence electrons. The fraction of sp³-hybridized carbons (Fsp3) is 0.273. The first-order valence-electron chi connectivity index (χ1n) is 9.68. The molecule has 4 rings (SSSR count). The van der Waals surface area contributed by atoms with Crippen molar-refractivity contribution in [2.24, 2.45) is 7.05 Å². The Morgan fingerprint density at radius 2 is 1.97 bits per heavy atom. The molecule has 30 heavy (non-hydrogen) atoms. The maximum atomic E-state index is 14.7. The lowest BCUT2D eigenvalue weighted by molar-refractivity contribution is 0.0920. The van der Waals surface area contributed by atoms with Crippen LogP contribution in [0.1, 0.15) is 28.3 Å². The second-order valence-corrected chi connectivity index (χ2v) is 7.38. The number of hydrogen-bond donors (Lipinski definition) is 2. The lowest BCUT2D eigenvalue weighted by Gasteiger charge is -2.33. The van der Waals surface area contributed by atoms with Gasteiger partial charge in [-0.05, 0) is 42.8 Å². The van der Waals surface area contributed by atoms with Gasteiger partial charge in [0.15, 0.2) is 0 Å². The first kappa shape index (κ1) is 20.2. The number of halogens is 3. The summed E-state index contributed by atoms with van der Waals surface area (Å²) >= 11 is 0. The van der Waals surface area contributed by atoms with Gasteiger partial charge in [0.2, 0.25) is 0 Å². The zero-order valence-electron chi connectivity index (χ0n) is 16.3. The Bertz CT molecular complexity index is 1080. The molecule has 2 atom stereocenters. The molecule has 0 aliphatic carbocycles. The van der Waals surface area contributed by atoms with E-state index in [1.165, 1.54) is 24.3 Å². The normalized spacial score (nSPS) is 18.9. The van der Waals surface area contributed by atoms with Crippen LogP contribution in [0.3, 0.4) is 0 Å². The van der Waals surface area contributed by atoms with Gasteiger partial charge in [0, 0.05) is 43.4 Å². The molecule has 5 nitrogen and oxygen atoms in total. The number of piperidine rings is 1. The van der Waals surface area contributed by atoms with E-state index in [0.29, 0.717) is 30.6 Å². The zero-order valence-corrected chi connectivity index (χ0v) is 16.3. The summed E-state index contributed by atoms with van der Waals surface area (Å²) in [5.74, 6) is -2.87. The van der Waals surface area contributed by atoms with Gasteiger partial charge in [-0.3, -0.25) is 9.48 Å². The predicted octanol–water partition coefficient (Wildman–Crippen LogP) is 3.38. The van der Waals surface area contributed by atoms with E-state index in [1.54, 1.807) is 30.1 Å². The number of hydrogen-bond acceptors (Lipinski definition) is 3. The number of aromatic nitrogens is 2. The highest BCUT2D eigenvalue weighted by molar-refractivity contribution is 5.95. The van der Waals surface area contributed by atoms with Crippen molar-refractivity contribution >= 4 is 5.91 Å². The molecule has 0 radical (unpaired) electrons. The number of carbonyl (C=O) groups is 1. The van der Waals surface area contributed by atoms with Gasteiger partial charge in [0.05, 0.1) is 11.3 Å². The third kappa shape index (κ3) is 3.95. The van der Waals surface area contributed by atoms with Crippen LogP contribution in [0.4, 0.5) is 13.2 Å². The largest absolute Gasteiger partial charge is 0.347 e. The molecule has 0 spiro atoms. The Morgan fingerprint density at radius 3 is 2.67 bits per heavy atom. The van der Waals surface area contributed by atoms with Crippen LogP contribution < -0.4 is 10.6 Å². The van der Waals surface area contributed by atoms with Crippen LogP contribution in [-0.4, -0.2) is 34.8 Å². The van der Waals surface area contributed by atoms with Crippen LogP contribution in [0.5, 0.6) is 0 Å². The molecule has 0 saturated carbocycles. The third-order valence-electron chi connectivity index (χ3n) is 5.49. The lowest BCUT2D eigenvalue weighted by atomic mass is 9.85. The first-order valence-corrected chi connectivity index (χ1v) is 9.68. The lowest BCUT2D eigenvalue weighted by Crippen LogP contribution is -2.50. The van der Waals surface area contributed by atoms with E-state index in [2.05, 4.69) is 15.7 Å². The molecule has 2 heterocycles. The van der Waals surface area contributed by atoms with E-state index in [0.717, 1.165) is 11.8 Å². The standard InChI is InChI=1S/C22H21F3N4O/c1-29-21(7-9-27-29)13-2-4-17(18(24)10-13)22(30)28-20-12-26-8-6-16(20)15-5-3-14(23)11-19(15)25/h2-5,7,9-11,16,20,26H,6,8,12H2,1H3,(H,28,30)/t16-,20+/m0/s1. The average molecular weight is 414 g/mol. The molecular weight excluding hydrogens is 393 g/mol. The van der Waals surface area contributed by atoms with Crippen molar-refractivity contribution in [3.05, 3.63) is 77.2 Å². The van der Waals surface area contributed by atoms with Gasteiger partial charge < -0.3 is 10.6 Å². The van der Waals surface area contributed by atoms with Gasteiger partial charge >= 0.3 is 0 Å². The van der Waals surface area contributed by atoms with Gasteiger partial charge in [0.1, 0.15) is 17.5 Å². The number of benzene rings is 2. The Morgan fingerprint density at radius 1 is 1.13 bits per heavy atom. The highest BCUT2D eigenvalue weighted by Crippen LogP contribution is 2.29. The number of rotatable bonds is 4. The van der Waals surface area contributed by atoms with E-state index < -0.39 is 29.4 Å². The molecule has 2 aromatic carbocycles. The quantitative estimate of drug-likeness (QED) is 0.688. The van der Waals surface area contributed by atoms with E-state index >= 15 is 0 Å². The molecule has 2 N–H and O–H groups in total. The van der Waals surface area contributed by atoms with Crippen LogP contribution in [-0.2, 0) is 7.05 Å². The summed E-state index contributed by atoms with van der Waals surface area (Å²) in [5, 5.41) is 10.0. The first-order chi connectivity index (χ1) is 14.4. The smallest absolute Gasteiger partial charge is 0.254 e. The van der Waals surface area contributed by atoms with Crippen molar-refractivity contribution in [2.45, 2.75) is 18.4 Å². The van der Waals surface area contributed by atoms with Gasteiger partial charge in [0.25, 0.3) is 5.91 Å². The summed E-state index contributed by atoms with van der Waals surface area (Å²) < 4.78 is 43.9. The van der Waals surface area contributed by atoms with Crippen LogP contribution >= 0.6 is 0 Å². The van der Waals surface area contributed by atoms with Crippen LogP contribution in [0, 0.1) is 17.5 Å². The number of nitrogens with one attached hydrogen (secondary N) is 2. The van der Waals surface area contributed by atoms with E-state index in [1.807, 2.05) is 0 Å². The summed E-state index contributed by atoms with van der Waals surface area (Å²) in [6.07, 6.45) is 2.17. The summed E-state index contributed by atoms with van der Waals surface area (Å²) in [7, 11) is 1.75. The number of nitrogens with zero attached hydrogens (tertiary/aromatic N) is 2. The van der Waals surface area contributed by atoms with Crippen LogP contribution in [0.2, 0.25) is 0 Å². The number of aryl methyl sites for hydroxylation is 1. The molecule has 1 saturated heterocycles. The maximum Gasteiger partial charge on any atom is 0.254 e. The van der Waals surface area contributed by atoms with Crippen LogP contribution in [0.15, 0.2) is 48.7 Å². The molecule has 3 aromatic rings. The third-order valence-corrected chi connectivity index (χ3v) is 5.49. The molecule has 0 unspecified atom stereocenters. The molecular formula is C22H21F3N4O. The molecule has 8 heteroatoms. The topological polar surface area (TPSA) is 59.0 Å². The predicted molar refractivity (Wildman–Crippen MR) is 106 cm³/mol. The minimum atomic E-state index is -0.653. The van der Waals surface area contributed by atoms with Crippen molar-refractivity contribution in [1.29, 1.82) is 0 Å². The molecule has 1 aliphatic rings. The van der Waals surface area contributed by atoms with Gasteiger partial charge in [-0.15, -0.1) is 0 Å². The van der Waals surface area contributed by atoms with E-state index in [4.69, 9.17) is 0 Å². The highest BCUT2D eigenvalue weighted by Gasteiger charge is 2.30.